The summed E-state index contributed by atoms with van der Waals surface area (Å²) in [4.78, 5) is 0.199. The third-order valence-corrected chi connectivity index (χ3v) is 4.79. The first-order chi connectivity index (χ1) is 8.49. The van der Waals surface area contributed by atoms with Crippen LogP contribution in [0, 0.1) is 5.92 Å². The summed E-state index contributed by atoms with van der Waals surface area (Å²) in [5.74, 6) is 1.20. The molecular formula is C12H19NO3S2. The number of aliphatic hydroxyl groups is 1. The molecule has 0 heterocycles. The monoisotopic (exact) mass is 289 g/mol. The molecule has 0 radical (unpaired) electrons. The second-order valence-electron chi connectivity index (χ2n) is 4.22. The standard InChI is InChI=1S/C12H19NO3S2/c1-10(9-17-2)7-13-18(15,16)12-5-3-4-11(6-12)8-14/h3-6,10,13-14H,7-9H2,1-2H3. The molecule has 1 aromatic carbocycles. The van der Waals surface area contributed by atoms with Crippen LogP contribution in [0.15, 0.2) is 29.2 Å². The molecular weight excluding hydrogens is 270 g/mol. The van der Waals surface area contributed by atoms with Crippen LogP contribution >= 0.6 is 11.8 Å². The second-order valence-corrected chi connectivity index (χ2v) is 6.90. The van der Waals surface area contributed by atoms with Crippen LogP contribution in [0.4, 0.5) is 0 Å². The van der Waals surface area contributed by atoms with Gasteiger partial charge in [-0.15, -0.1) is 0 Å². The maximum Gasteiger partial charge on any atom is 0.240 e. The zero-order valence-electron chi connectivity index (χ0n) is 10.6. The molecule has 2 N–H and O–H groups in total. The number of hydrogen-bond acceptors (Lipinski definition) is 4. The molecule has 0 bridgehead atoms. The summed E-state index contributed by atoms with van der Waals surface area (Å²) in [7, 11) is -3.48. The topological polar surface area (TPSA) is 66.4 Å². The summed E-state index contributed by atoms with van der Waals surface area (Å²) >= 11 is 1.69. The van der Waals surface area contributed by atoms with Crippen molar-refractivity contribution in [1.82, 2.24) is 4.72 Å². The summed E-state index contributed by atoms with van der Waals surface area (Å²) in [6.07, 6.45) is 2.00. The molecule has 1 unspecified atom stereocenters. The maximum atomic E-state index is 12.0. The van der Waals surface area contributed by atoms with Crippen molar-refractivity contribution >= 4 is 21.8 Å². The fraction of sp³-hybridized carbons (Fsp3) is 0.500. The van der Waals surface area contributed by atoms with Crippen LogP contribution in [0.25, 0.3) is 0 Å². The van der Waals surface area contributed by atoms with E-state index in [1.807, 2.05) is 13.2 Å². The smallest absolute Gasteiger partial charge is 0.240 e. The molecule has 0 aliphatic carbocycles. The lowest BCUT2D eigenvalue weighted by molar-refractivity contribution is 0.281. The Morgan fingerprint density at radius 3 is 2.78 bits per heavy atom. The van der Waals surface area contributed by atoms with E-state index in [1.165, 1.54) is 12.1 Å². The van der Waals surface area contributed by atoms with Gasteiger partial charge >= 0.3 is 0 Å². The van der Waals surface area contributed by atoms with Gasteiger partial charge in [0.05, 0.1) is 11.5 Å². The van der Waals surface area contributed by atoms with Gasteiger partial charge in [-0.1, -0.05) is 19.1 Å². The zero-order chi connectivity index (χ0) is 13.6. The van der Waals surface area contributed by atoms with Crippen molar-refractivity contribution in [2.24, 2.45) is 5.92 Å². The Hall–Kier alpha value is -0.560. The van der Waals surface area contributed by atoms with Gasteiger partial charge in [-0.2, -0.15) is 11.8 Å². The van der Waals surface area contributed by atoms with Crippen LogP contribution in [0.1, 0.15) is 12.5 Å². The van der Waals surface area contributed by atoms with E-state index in [9.17, 15) is 8.42 Å². The van der Waals surface area contributed by atoms with Crippen molar-refractivity contribution in [1.29, 1.82) is 0 Å². The summed E-state index contributed by atoms with van der Waals surface area (Å²) in [5.41, 5.74) is 0.593. The zero-order valence-corrected chi connectivity index (χ0v) is 12.2. The van der Waals surface area contributed by atoms with Crippen molar-refractivity contribution in [2.75, 3.05) is 18.6 Å². The van der Waals surface area contributed by atoms with Crippen molar-refractivity contribution in [3.63, 3.8) is 0 Å². The van der Waals surface area contributed by atoms with E-state index < -0.39 is 10.0 Å². The predicted octanol–water partition coefficient (Wildman–Crippen LogP) is 1.46. The second kappa shape index (κ2) is 7.13. The Morgan fingerprint density at radius 2 is 2.17 bits per heavy atom. The number of sulfonamides is 1. The van der Waals surface area contributed by atoms with E-state index in [4.69, 9.17) is 5.11 Å². The van der Waals surface area contributed by atoms with Gasteiger partial charge in [0.25, 0.3) is 0 Å². The molecule has 18 heavy (non-hydrogen) atoms. The fourth-order valence-corrected chi connectivity index (χ4v) is 3.41. The highest BCUT2D eigenvalue weighted by molar-refractivity contribution is 7.98. The number of thioether (sulfide) groups is 1. The maximum absolute atomic E-state index is 12.0. The third kappa shape index (κ3) is 4.61. The van der Waals surface area contributed by atoms with E-state index in [-0.39, 0.29) is 17.4 Å². The lowest BCUT2D eigenvalue weighted by Crippen LogP contribution is -2.29. The van der Waals surface area contributed by atoms with E-state index in [0.29, 0.717) is 12.1 Å². The molecule has 0 aliphatic heterocycles. The van der Waals surface area contributed by atoms with Crippen LogP contribution in [-0.2, 0) is 16.6 Å². The van der Waals surface area contributed by atoms with E-state index in [0.717, 1.165) is 5.75 Å². The highest BCUT2D eigenvalue weighted by Gasteiger charge is 2.15. The van der Waals surface area contributed by atoms with Crippen LogP contribution in [0.3, 0.4) is 0 Å². The average Bonchev–Trinajstić information content (AvgIpc) is 2.37. The van der Waals surface area contributed by atoms with Crippen LogP contribution < -0.4 is 4.72 Å². The number of hydrogen-bond donors (Lipinski definition) is 2. The highest BCUT2D eigenvalue weighted by Crippen LogP contribution is 2.12. The van der Waals surface area contributed by atoms with Crippen molar-refractivity contribution < 1.29 is 13.5 Å². The molecule has 0 aromatic heterocycles. The normalized spacial score (nSPS) is 13.5. The molecule has 1 rings (SSSR count). The Morgan fingerprint density at radius 1 is 1.44 bits per heavy atom. The number of rotatable bonds is 7. The predicted molar refractivity (Wildman–Crippen MR) is 75.1 cm³/mol. The lowest BCUT2D eigenvalue weighted by atomic mass is 10.2. The third-order valence-electron chi connectivity index (χ3n) is 2.46. The molecule has 0 amide bonds. The quantitative estimate of drug-likeness (QED) is 0.797. The molecule has 1 aromatic rings. The Labute approximate surface area is 113 Å². The van der Waals surface area contributed by atoms with E-state index in [1.54, 1.807) is 23.9 Å². The van der Waals surface area contributed by atoms with Gasteiger partial charge in [0.1, 0.15) is 0 Å². The average molecular weight is 289 g/mol. The molecule has 0 saturated carbocycles. The molecule has 0 fully saturated rings. The molecule has 6 heteroatoms. The van der Waals surface area contributed by atoms with Crippen molar-refractivity contribution in [3.8, 4) is 0 Å². The minimum Gasteiger partial charge on any atom is -0.392 e. The van der Waals surface area contributed by atoms with Crippen LogP contribution in [0.2, 0.25) is 0 Å². The van der Waals surface area contributed by atoms with Gasteiger partial charge in [0.2, 0.25) is 10.0 Å². The van der Waals surface area contributed by atoms with Gasteiger partial charge < -0.3 is 5.11 Å². The number of aliphatic hydroxyl groups excluding tert-OH is 1. The molecule has 102 valence electrons. The van der Waals surface area contributed by atoms with Gasteiger partial charge in [0, 0.05) is 6.54 Å². The molecule has 0 saturated heterocycles. The van der Waals surface area contributed by atoms with Crippen molar-refractivity contribution in [3.05, 3.63) is 29.8 Å². The van der Waals surface area contributed by atoms with Crippen LogP contribution in [0.5, 0.6) is 0 Å². The number of nitrogens with one attached hydrogen (secondary N) is 1. The van der Waals surface area contributed by atoms with E-state index >= 15 is 0 Å². The minimum atomic E-state index is -3.48. The number of benzene rings is 1. The molecule has 1 atom stereocenters. The fourth-order valence-electron chi connectivity index (χ4n) is 1.49. The summed E-state index contributed by atoms with van der Waals surface area (Å²) < 4.78 is 26.6. The summed E-state index contributed by atoms with van der Waals surface area (Å²) in [5, 5.41) is 9.00. The summed E-state index contributed by atoms with van der Waals surface area (Å²) in [6, 6.07) is 6.34. The Balaban J connectivity index is 2.73. The molecule has 4 nitrogen and oxygen atoms in total. The highest BCUT2D eigenvalue weighted by atomic mass is 32.2. The Kier molecular flexibility index (Phi) is 6.14. The lowest BCUT2D eigenvalue weighted by Gasteiger charge is -2.12. The molecule has 0 aliphatic rings. The first-order valence-electron chi connectivity index (χ1n) is 5.68. The summed E-state index contributed by atoms with van der Waals surface area (Å²) in [6.45, 7) is 2.27. The van der Waals surface area contributed by atoms with Crippen LogP contribution in [-0.4, -0.2) is 32.1 Å². The van der Waals surface area contributed by atoms with Gasteiger partial charge in [-0.25, -0.2) is 13.1 Å². The van der Waals surface area contributed by atoms with E-state index in [2.05, 4.69) is 4.72 Å². The Bertz CT molecular complexity index is 474. The first kappa shape index (κ1) is 15.5. The first-order valence-corrected chi connectivity index (χ1v) is 8.55. The SMILES string of the molecule is CSCC(C)CNS(=O)(=O)c1cccc(CO)c1. The largest absolute Gasteiger partial charge is 0.392 e. The van der Waals surface area contributed by atoms with Gasteiger partial charge in [-0.3, -0.25) is 0 Å². The van der Waals surface area contributed by atoms with Crippen molar-refractivity contribution in [2.45, 2.75) is 18.4 Å². The van der Waals surface area contributed by atoms with Gasteiger partial charge in [0.15, 0.2) is 0 Å². The minimum absolute atomic E-state index is 0.160. The molecule has 0 spiro atoms. The van der Waals surface area contributed by atoms with Gasteiger partial charge in [-0.05, 0) is 35.6 Å².